The molecule has 0 amide bonds. The predicted molar refractivity (Wildman–Crippen MR) is 56.5 cm³/mol. The zero-order chi connectivity index (χ0) is 10.3. The topological polar surface area (TPSA) is 52.3 Å². The van der Waals surface area contributed by atoms with Crippen LogP contribution in [0.15, 0.2) is 11.8 Å². The molecule has 0 aromatic heterocycles. The molecular weight excluding hydrogens is 186 g/mol. The summed E-state index contributed by atoms with van der Waals surface area (Å²) < 4.78 is 4.89. The Kier molecular flexibility index (Phi) is 6.49. The SMILES string of the molecule is C/C(N)=C/C(=O)OCCSC(C)C. The zero-order valence-electron chi connectivity index (χ0n) is 8.37. The highest BCUT2D eigenvalue weighted by molar-refractivity contribution is 7.99. The largest absolute Gasteiger partial charge is 0.462 e. The Morgan fingerprint density at radius 2 is 2.23 bits per heavy atom. The van der Waals surface area contributed by atoms with Gasteiger partial charge in [0.15, 0.2) is 0 Å². The maximum atomic E-state index is 10.9. The minimum absolute atomic E-state index is 0.357. The Hall–Kier alpha value is -0.640. The van der Waals surface area contributed by atoms with E-state index in [2.05, 4.69) is 13.8 Å². The van der Waals surface area contributed by atoms with Crippen molar-refractivity contribution in [3.05, 3.63) is 11.8 Å². The molecule has 4 heteroatoms. The zero-order valence-corrected chi connectivity index (χ0v) is 9.19. The van der Waals surface area contributed by atoms with Crippen LogP contribution in [0.4, 0.5) is 0 Å². The Balaban J connectivity index is 3.44. The molecule has 0 aliphatic rings. The third-order valence-electron chi connectivity index (χ3n) is 1.12. The summed E-state index contributed by atoms with van der Waals surface area (Å²) in [6.07, 6.45) is 1.29. The third kappa shape index (κ3) is 9.27. The highest BCUT2D eigenvalue weighted by Crippen LogP contribution is 2.07. The molecule has 0 bridgehead atoms. The lowest BCUT2D eigenvalue weighted by atomic mass is 10.4. The van der Waals surface area contributed by atoms with E-state index in [9.17, 15) is 4.79 Å². The van der Waals surface area contributed by atoms with E-state index in [0.29, 0.717) is 17.6 Å². The van der Waals surface area contributed by atoms with E-state index in [4.69, 9.17) is 10.5 Å². The Bertz CT molecular complexity index is 186. The second-order valence-electron chi connectivity index (χ2n) is 2.98. The molecule has 0 aliphatic carbocycles. The summed E-state index contributed by atoms with van der Waals surface area (Å²) in [5.41, 5.74) is 5.77. The summed E-state index contributed by atoms with van der Waals surface area (Å²) in [4.78, 5) is 10.9. The van der Waals surface area contributed by atoms with Crippen molar-refractivity contribution in [1.82, 2.24) is 0 Å². The fourth-order valence-corrected chi connectivity index (χ4v) is 1.30. The van der Waals surface area contributed by atoms with Crippen LogP contribution in [-0.2, 0) is 9.53 Å². The summed E-state index contributed by atoms with van der Waals surface area (Å²) in [6, 6.07) is 0. The third-order valence-corrected chi connectivity index (χ3v) is 2.19. The molecule has 0 fully saturated rings. The van der Waals surface area contributed by atoms with E-state index in [0.717, 1.165) is 5.75 Å². The molecule has 0 aliphatic heterocycles. The van der Waals surface area contributed by atoms with Crippen molar-refractivity contribution in [2.75, 3.05) is 12.4 Å². The number of hydrogen-bond donors (Lipinski definition) is 1. The van der Waals surface area contributed by atoms with Crippen molar-refractivity contribution in [2.24, 2.45) is 5.73 Å². The number of allylic oxidation sites excluding steroid dienone is 1. The number of rotatable bonds is 5. The van der Waals surface area contributed by atoms with Gasteiger partial charge in [0.1, 0.15) is 6.61 Å². The molecule has 0 aromatic carbocycles. The van der Waals surface area contributed by atoms with Crippen LogP contribution in [0.1, 0.15) is 20.8 Å². The number of thioether (sulfide) groups is 1. The van der Waals surface area contributed by atoms with Crippen molar-refractivity contribution in [1.29, 1.82) is 0 Å². The summed E-state index contributed by atoms with van der Waals surface area (Å²) in [5, 5.41) is 0.575. The van der Waals surface area contributed by atoms with Gasteiger partial charge in [-0.05, 0) is 12.2 Å². The fourth-order valence-electron chi connectivity index (χ4n) is 0.654. The fraction of sp³-hybridized carbons (Fsp3) is 0.667. The number of carbonyl (C=O) groups excluding carboxylic acids is 1. The van der Waals surface area contributed by atoms with Crippen LogP contribution in [0.25, 0.3) is 0 Å². The molecule has 3 nitrogen and oxygen atoms in total. The van der Waals surface area contributed by atoms with Gasteiger partial charge in [-0.1, -0.05) is 13.8 Å². The highest BCUT2D eigenvalue weighted by atomic mass is 32.2. The van der Waals surface area contributed by atoms with Gasteiger partial charge in [-0.15, -0.1) is 0 Å². The normalized spacial score (nSPS) is 11.8. The lowest BCUT2D eigenvalue weighted by molar-refractivity contribution is -0.137. The van der Waals surface area contributed by atoms with Crippen molar-refractivity contribution in [3.8, 4) is 0 Å². The van der Waals surface area contributed by atoms with Gasteiger partial charge in [-0.3, -0.25) is 0 Å². The summed E-state index contributed by atoms with van der Waals surface area (Å²) >= 11 is 1.76. The summed E-state index contributed by atoms with van der Waals surface area (Å²) in [6.45, 7) is 6.32. The second kappa shape index (κ2) is 6.83. The number of nitrogens with two attached hydrogens (primary N) is 1. The molecule has 0 spiro atoms. The van der Waals surface area contributed by atoms with Gasteiger partial charge in [-0.2, -0.15) is 11.8 Å². The van der Waals surface area contributed by atoms with Crippen LogP contribution in [-0.4, -0.2) is 23.6 Å². The maximum Gasteiger partial charge on any atom is 0.332 e. The average Bonchev–Trinajstić information content (AvgIpc) is 1.96. The summed E-state index contributed by atoms with van der Waals surface area (Å²) in [7, 11) is 0. The highest BCUT2D eigenvalue weighted by Gasteiger charge is 1.98. The molecule has 13 heavy (non-hydrogen) atoms. The van der Waals surface area contributed by atoms with Crippen LogP contribution >= 0.6 is 11.8 Å². The van der Waals surface area contributed by atoms with Crippen LogP contribution in [0.2, 0.25) is 0 Å². The standard InChI is InChI=1S/C9H17NO2S/c1-7(2)13-5-4-12-9(11)6-8(3)10/h6-7H,4-5,10H2,1-3H3/b8-6-. The number of esters is 1. The number of ether oxygens (including phenoxy) is 1. The molecule has 2 N–H and O–H groups in total. The molecule has 0 rings (SSSR count). The van der Waals surface area contributed by atoms with Gasteiger partial charge in [-0.25, -0.2) is 4.79 Å². The molecule has 76 valence electrons. The van der Waals surface area contributed by atoms with Crippen molar-refractivity contribution in [2.45, 2.75) is 26.0 Å². The second-order valence-corrected chi connectivity index (χ2v) is 4.66. The molecule has 0 saturated heterocycles. The molecule has 0 radical (unpaired) electrons. The van der Waals surface area contributed by atoms with Crippen LogP contribution in [0, 0.1) is 0 Å². The number of hydrogen-bond acceptors (Lipinski definition) is 4. The number of carbonyl (C=O) groups is 1. The first-order valence-electron chi connectivity index (χ1n) is 4.24. The first kappa shape index (κ1) is 12.4. The monoisotopic (exact) mass is 203 g/mol. The van der Waals surface area contributed by atoms with Crippen LogP contribution in [0.3, 0.4) is 0 Å². The lowest BCUT2D eigenvalue weighted by Gasteiger charge is -2.04. The maximum absolute atomic E-state index is 10.9. The van der Waals surface area contributed by atoms with Crippen LogP contribution < -0.4 is 5.73 Å². The Morgan fingerprint density at radius 1 is 1.62 bits per heavy atom. The predicted octanol–water partition coefficient (Wildman–Crippen LogP) is 1.53. The first-order valence-corrected chi connectivity index (χ1v) is 5.29. The van der Waals surface area contributed by atoms with E-state index < -0.39 is 0 Å². The van der Waals surface area contributed by atoms with E-state index in [1.54, 1.807) is 18.7 Å². The van der Waals surface area contributed by atoms with Crippen LogP contribution in [0.5, 0.6) is 0 Å². The smallest absolute Gasteiger partial charge is 0.332 e. The van der Waals surface area contributed by atoms with E-state index in [-0.39, 0.29) is 5.97 Å². The quantitative estimate of drug-likeness (QED) is 0.418. The van der Waals surface area contributed by atoms with Gasteiger partial charge in [0, 0.05) is 17.5 Å². The van der Waals surface area contributed by atoms with Gasteiger partial charge >= 0.3 is 5.97 Å². The molecular formula is C9H17NO2S. The Labute approximate surface area is 83.7 Å². The van der Waals surface area contributed by atoms with E-state index in [1.807, 2.05) is 0 Å². The van der Waals surface area contributed by atoms with E-state index >= 15 is 0 Å². The van der Waals surface area contributed by atoms with Gasteiger partial charge in [0.25, 0.3) is 0 Å². The van der Waals surface area contributed by atoms with Gasteiger partial charge in [0.2, 0.25) is 0 Å². The Morgan fingerprint density at radius 3 is 2.69 bits per heavy atom. The van der Waals surface area contributed by atoms with Gasteiger partial charge < -0.3 is 10.5 Å². The van der Waals surface area contributed by atoms with Crippen molar-refractivity contribution in [3.63, 3.8) is 0 Å². The van der Waals surface area contributed by atoms with E-state index in [1.165, 1.54) is 6.08 Å². The lowest BCUT2D eigenvalue weighted by Crippen LogP contribution is -2.07. The van der Waals surface area contributed by atoms with Gasteiger partial charge in [0.05, 0.1) is 0 Å². The molecule has 0 unspecified atom stereocenters. The van der Waals surface area contributed by atoms with Crippen molar-refractivity contribution >= 4 is 17.7 Å². The first-order chi connectivity index (χ1) is 6.02. The molecule has 0 heterocycles. The van der Waals surface area contributed by atoms with Crippen molar-refractivity contribution < 1.29 is 9.53 Å². The minimum Gasteiger partial charge on any atom is -0.462 e. The molecule has 0 atom stereocenters. The summed E-state index contributed by atoms with van der Waals surface area (Å²) in [5.74, 6) is 0.477. The molecule has 0 aromatic rings. The minimum atomic E-state index is -0.357. The average molecular weight is 203 g/mol. The molecule has 0 saturated carbocycles.